The smallest absolute Gasteiger partial charge is 0.242 e. The van der Waals surface area contributed by atoms with Gasteiger partial charge in [0.1, 0.15) is 0 Å². The minimum atomic E-state index is -3.50. The summed E-state index contributed by atoms with van der Waals surface area (Å²) in [6.45, 7) is 0.320. The summed E-state index contributed by atoms with van der Waals surface area (Å²) >= 11 is 0. The molecule has 0 spiro atoms. The van der Waals surface area contributed by atoms with Crippen LogP contribution in [-0.2, 0) is 36.5 Å². The third-order valence-electron chi connectivity index (χ3n) is 3.98. The van der Waals surface area contributed by atoms with Crippen molar-refractivity contribution in [1.82, 2.24) is 9.29 Å². The van der Waals surface area contributed by atoms with Gasteiger partial charge in [-0.05, 0) is 30.0 Å². The van der Waals surface area contributed by atoms with Gasteiger partial charge >= 0.3 is 0 Å². The SMILES string of the molecule is Cn1cc(S(=O)(=O)NC2Cc3ccccc3C2)cc1CN. The molecule has 6 heteroatoms. The summed E-state index contributed by atoms with van der Waals surface area (Å²) in [5.74, 6) is 0. The second kappa shape index (κ2) is 5.29. The highest BCUT2D eigenvalue weighted by Gasteiger charge is 2.27. The molecule has 0 saturated heterocycles. The number of fused-ring (bicyclic) bond motifs is 1. The molecule has 1 aromatic heterocycles. The number of nitrogens with two attached hydrogens (primary N) is 1. The van der Waals surface area contributed by atoms with E-state index in [2.05, 4.69) is 16.9 Å². The molecule has 5 nitrogen and oxygen atoms in total. The normalized spacial score (nSPS) is 15.3. The van der Waals surface area contributed by atoms with Gasteiger partial charge in [0, 0.05) is 31.5 Å². The third-order valence-corrected chi connectivity index (χ3v) is 5.46. The van der Waals surface area contributed by atoms with E-state index in [4.69, 9.17) is 5.73 Å². The zero-order chi connectivity index (χ0) is 15.0. The average Bonchev–Trinajstić information content (AvgIpc) is 3.00. The molecule has 3 rings (SSSR count). The quantitative estimate of drug-likeness (QED) is 0.882. The van der Waals surface area contributed by atoms with Gasteiger partial charge in [0.05, 0.1) is 4.90 Å². The van der Waals surface area contributed by atoms with Gasteiger partial charge in [0.15, 0.2) is 0 Å². The molecule has 1 aliphatic rings. The summed E-state index contributed by atoms with van der Waals surface area (Å²) < 4.78 is 29.5. The summed E-state index contributed by atoms with van der Waals surface area (Å²) in [5, 5.41) is 0. The Bertz CT molecular complexity index is 740. The van der Waals surface area contributed by atoms with Gasteiger partial charge in [-0.1, -0.05) is 24.3 Å². The summed E-state index contributed by atoms with van der Waals surface area (Å²) in [4.78, 5) is 0.279. The molecule has 0 amide bonds. The number of nitrogens with one attached hydrogen (secondary N) is 1. The van der Waals surface area contributed by atoms with Crippen molar-refractivity contribution >= 4 is 10.0 Å². The van der Waals surface area contributed by atoms with Gasteiger partial charge in [0.2, 0.25) is 10.0 Å². The van der Waals surface area contributed by atoms with Crippen molar-refractivity contribution in [2.24, 2.45) is 12.8 Å². The molecule has 3 N–H and O–H groups in total. The van der Waals surface area contributed by atoms with Crippen molar-refractivity contribution in [1.29, 1.82) is 0 Å². The van der Waals surface area contributed by atoms with E-state index in [1.165, 1.54) is 11.1 Å². The fourth-order valence-corrected chi connectivity index (χ4v) is 4.19. The highest BCUT2D eigenvalue weighted by molar-refractivity contribution is 7.89. The fraction of sp³-hybridized carbons (Fsp3) is 0.333. The fourth-order valence-electron chi connectivity index (χ4n) is 2.86. The molecule has 21 heavy (non-hydrogen) atoms. The van der Waals surface area contributed by atoms with Gasteiger partial charge in [-0.2, -0.15) is 0 Å². The molecule has 2 aromatic rings. The Morgan fingerprint density at radius 2 is 1.90 bits per heavy atom. The molecule has 0 aliphatic heterocycles. The van der Waals surface area contributed by atoms with E-state index in [0.717, 1.165) is 18.5 Å². The number of sulfonamides is 1. The number of aromatic nitrogens is 1. The molecule has 1 heterocycles. The lowest BCUT2D eigenvalue weighted by Crippen LogP contribution is -2.35. The Balaban J connectivity index is 1.78. The van der Waals surface area contributed by atoms with E-state index < -0.39 is 10.0 Å². The topological polar surface area (TPSA) is 77.1 Å². The maximum Gasteiger partial charge on any atom is 0.242 e. The molecule has 1 aliphatic carbocycles. The molecule has 0 unspecified atom stereocenters. The van der Waals surface area contributed by atoms with Crippen molar-refractivity contribution in [3.05, 3.63) is 53.3 Å². The molecule has 0 atom stereocenters. The van der Waals surface area contributed by atoms with Crippen molar-refractivity contribution in [3.8, 4) is 0 Å². The monoisotopic (exact) mass is 305 g/mol. The van der Waals surface area contributed by atoms with E-state index in [0.29, 0.717) is 6.54 Å². The van der Waals surface area contributed by atoms with E-state index in [9.17, 15) is 8.42 Å². The van der Waals surface area contributed by atoms with Crippen molar-refractivity contribution in [3.63, 3.8) is 0 Å². The van der Waals surface area contributed by atoms with Gasteiger partial charge in [-0.15, -0.1) is 0 Å². The van der Waals surface area contributed by atoms with Crippen LogP contribution in [0.1, 0.15) is 16.8 Å². The lowest BCUT2D eigenvalue weighted by molar-refractivity contribution is 0.555. The molecule has 1 aromatic carbocycles. The van der Waals surface area contributed by atoms with Crippen LogP contribution in [-0.4, -0.2) is 19.0 Å². The lowest BCUT2D eigenvalue weighted by Gasteiger charge is -2.11. The van der Waals surface area contributed by atoms with Gasteiger partial charge in [-0.3, -0.25) is 0 Å². The van der Waals surface area contributed by atoms with E-state index >= 15 is 0 Å². The lowest BCUT2D eigenvalue weighted by atomic mass is 10.1. The van der Waals surface area contributed by atoms with Crippen molar-refractivity contribution in [2.75, 3.05) is 0 Å². The Hall–Kier alpha value is -1.63. The number of hydrogen-bond donors (Lipinski definition) is 2. The minimum Gasteiger partial charge on any atom is -0.352 e. The van der Waals surface area contributed by atoms with E-state index in [1.54, 1.807) is 23.9 Å². The molecule has 0 saturated carbocycles. The average molecular weight is 305 g/mol. The predicted molar refractivity (Wildman–Crippen MR) is 81.3 cm³/mol. The van der Waals surface area contributed by atoms with Gasteiger partial charge in [-0.25, -0.2) is 13.1 Å². The first-order chi connectivity index (χ1) is 9.99. The maximum absolute atomic E-state index is 12.5. The Kier molecular flexibility index (Phi) is 3.61. The highest BCUT2D eigenvalue weighted by atomic mass is 32.2. The standard InChI is InChI=1S/C15H19N3O2S/c1-18-10-15(8-14(18)9-16)21(19,20)17-13-6-11-4-2-3-5-12(11)7-13/h2-5,8,10,13,17H,6-7,9,16H2,1H3. The number of hydrogen-bond acceptors (Lipinski definition) is 3. The second-order valence-corrected chi connectivity index (χ2v) is 7.19. The number of nitrogens with zero attached hydrogens (tertiary/aromatic N) is 1. The maximum atomic E-state index is 12.5. The van der Waals surface area contributed by atoms with Crippen LogP contribution in [0.2, 0.25) is 0 Å². The molecular formula is C15H19N3O2S. The zero-order valence-electron chi connectivity index (χ0n) is 11.9. The first kappa shape index (κ1) is 14.3. The van der Waals surface area contributed by atoms with Crippen LogP contribution in [0.5, 0.6) is 0 Å². The molecule has 112 valence electrons. The molecule has 0 bridgehead atoms. The first-order valence-electron chi connectivity index (χ1n) is 6.94. The van der Waals surface area contributed by atoms with E-state index in [1.807, 2.05) is 12.1 Å². The minimum absolute atomic E-state index is 0.0751. The third kappa shape index (κ3) is 2.74. The highest BCUT2D eigenvalue weighted by Crippen LogP contribution is 2.23. The number of aryl methyl sites for hydroxylation is 1. The van der Waals surface area contributed by atoms with Crippen LogP contribution in [0.15, 0.2) is 41.4 Å². The molecule has 0 fully saturated rings. The van der Waals surface area contributed by atoms with E-state index in [-0.39, 0.29) is 10.9 Å². The Labute approximate surface area is 124 Å². The van der Waals surface area contributed by atoms with Crippen LogP contribution < -0.4 is 10.5 Å². The van der Waals surface area contributed by atoms with Crippen molar-refractivity contribution < 1.29 is 8.42 Å². The molecule has 0 radical (unpaired) electrons. The Morgan fingerprint density at radius 1 is 1.29 bits per heavy atom. The summed E-state index contributed by atoms with van der Waals surface area (Å²) in [7, 11) is -1.70. The van der Waals surface area contributed by atoms with Crippen LogP contribution in [0.4, 0.5) is 0 Å². The molecular weight excluding hydrogens is 286 g/mol. The number of benzene rings is 1. The summed E-state index contributed by atoms with van der Waals surface area (Å²) in [6.07, 6.45) is 3.09. The van der Waals surface area contributed by atoms with Gasteiger partial charge in [0.25, 0.3) is 0 Å². The van der Waals surface area contributed by atoms with Crippen LogP contribution in [0, 0.1) is 0 Å². The van der Waals surface area contributed by atoms with Crippen LogP contribution in [0.25, 0.3) is 0 Å². The van der Waals surface area contributed by atoms with Crippen molar-refractivity contribution in [2.45, 2.75) is 30.3 Å². The number of rotatable bonds is 4. The second-order valence-electron chi connectivity index (χ2n) is 5.48. The zero-order valence-corrected chi connectivity index (χ0v) is 12.7. The Morgan fingerprint density at radius 3 is 2.43 bits per heavy atom. The van der Waals surface area contributed by atoms with Gasteiger partial charge < -0.3 is 10.3 Å². The predicted octanol–water partition coefficient (Wildman–Crippen LogP) is 0.929. The summed E-state index contributed by atoms with van der Waals surface area (Å²) in [6, 6.07) is 9.64. The summed E-state index contributed by atoms with van der Waals surface area (Å²) in [5.41, 5.74) is 8.83. The first-order valence-corrected chi connectivity index (χ1v) is 8.42. The largest absolute Gasteiger partial charge is 0.352 e. The van der Waals surface area contributed by atoms with Crippen LogP contribution in [0.3, 0.4) is 0 Å². The van der Waals surface area contributed by atoms with Crippen LogP contribution >= 0.6 is 0 Å².